The Morgan fingerprint density at radius 3 is 2.46 bits per heavy atom. The number of hydrogen-bond acceptors (Lipinski definition) is 3. The van der Waals surface area contributed by atoms with Crippen molar-refractivity contribution in [3.63, 3.8) is 0 Å². The van der Waals surface area contributed by atoms with Gasteiger partial charge in [-0.05, 0) is 36.3 Å². The average molecular weight is 401 g/mol. The van der Waals surface area contributed by atoms with Crippen molar-refractivity contribution in [1.29, 1.82) is 0 Å². The summed E-state index contributed by atoms with van der Waals surface area (Å²) in [6, 6.07) is 7.66. The number of benzene rings is 1. The number of halogens is 1. The summed E-state index contributed by atoms with van der Waals surface area (Å²) in [7, 11) is 1.71. The summed E-state index contributed by atoms with van der Waals surface area (Å²) in [6.45, 7) is 1.65. The number of nitrogens with one attached hydrogen (secondary N) is 2. The normalized spacial score (nSPS) is 28.2. The zero-order valence-corrected chi connectivity index (χ0v) is 16.7. The van der Waals surface area contributed by atoms with E-state index in [1.807, 2.05) is 24.3 Å². The molecule has 1 saturated heterocycles. The largest absolute Gasteiger partial charge is 0.356 e. The van der Waals surface area contributed by atoms with Crippen molar-refractivity contribution < 1.29 is 9.59 Å². The van der Waals surface area contributed by atoms with Crippen LogP contribution in [0.4, 0.5) is 0 Å². The van der Waals surface area contributed by atoms with Crippen molar-refractivity contribution in [2.24, 2.45) is 28.7 Å². The van der Waals surface area contributed by atoms with Gasteiger partial charge in [0.15, 0.2) is 5.96 Å². The second kappa shape index (κ2) is 7.95. The summed E-state index contributed by atoms with van der Waals surface area (Å²) in [5.41, 5.74) is 0.996. The van der Waals surface area contributed by atoms with E-state index in [0.29, 0.717) is 37.0 Å². The lowest BCUT2D eigenvalue weighted by molar-refractivity contribution is -0.140. The first kappa shape index (κ1) is 19.0. The van der Waals surface area contributed by atoms with Gasteiger partial charge >= 0.3 is 0 Å². The van der Waals surface area contributed by atoms with E-state index in [4.69, 9.17) is 11.6 Å². The smallest absolute Gasteiger partial charge is 0.233 e. The van der Waals surface area contributed by atoms with E-state index in [-0.39, 0.29) is 35.5 Å². The first-order valence-electron chi connectivity index (χ1n) is 9.81. The van der Waals surface area contributed by atoms with Crippen LogP contribution in [0.3, 0.4) is 0 Å². The molecule has 1 saturated carbocycles. The van der Waals surface area contributed by atoms with Crippen LogP contribution in [0, 0.1) is 23.7 Å². The number of hydrogen-bond donors (Lipinski definition) is 2. The number of imide groups is 1. The average Bonchev–Trinajstić information content (AvgIpc) is 3.37. The van der Waals surface area contributed by atoms with Crippen molar-refractivity contribution in [1.82, 2.24) is 15.5 Å². The number of carbonyl (C=O) groups excluding carboxylic acids is 2. The summed E-state index contributed by atoms with van der Waals surface area (Å²) < 4.78 is 0. The Bertz CT molecular complexity index is 807. The molecule has 2 amide bonds. The number of fused-ring (bicyclic) bond motifs is 5. The van der Waals surface area contributed by atoms with Crippen LogP contribution in [0.5, 0.6) is 0 Å². The van der Waals surface area contributed by atoms with Crippen LogP contribution < -0.4 is 10.6 Å². The van der Waals surface area contributed by atoms with Gasteiger partial charge in [0, 0.05) is 31.7 Å². The Balaban J connectivity index is 1.23. The fraction of sp³-hybridized carbons (Fsp3) is 0.476. The highest BCUT2D eigenvalue weighted by molar-refractivity contribution is 6.31. The molecule has 6 nitrogen and oxygen atoms in total. The molecule has 0 spiro atoms. The SMILES string of the molecule is CN=C(NCCCN1C(=O)C2C3C=CC(C3)C2C1=O)NCc1ccccc1Cl. The van der Waals surface area contributed by atoms with Crippen LogP contribution in [0.2, 0.25) is 5.02 Å². The Morgan fingerprint density at radius 1 is 1.14 bits per heavy atom. The molecule has 1 aromatic rings. The van der Waals surface area contributed by atoms with Crippen molar-refractivity contribution >= 4 is 29.4 Å². The van der Waals surface area contributed by atoms with Gasteiger partial charge in [-0.1, -0.05) is 42.0 Å². The molecular weight excluding hydrogens is 376 g/mol. The predicted octanol–water partition coefficient (Wildman–Crippen LogP) is 2.20. The van der Waals surface area contributed by atoms with Crippen molar-refractivity contribution in [2.75, 3.05) is 20.1 Å². The highest BCUT2D eigenvalue weighted by Gasteiger charge is 2.58. The minimum Gasteiger partial charge on any atom is -0.356 e. The Kier molecular flexibility index (Phi) is 5.40. The van der Waals surface area contributed by atoms with Gasteiger partial charge in [0.25, 0.3) is 0 Å². The number of rotatable bonds is 6. The lowest BCUT2D eigenvalue weighted by atomic mass is 9.85. The molecular formula is C21H25ClN4O2. The molecule has 2 fully saturated rings. The fourth-order valence-electron chi connectivity index (χ4n) is 4.67. The summed E-state index contributed by atoms with van der Waals surface area (Å²) >= 11 is 6.17. The second-order valence-electron chi connectivity index (χ2n) is 7.63. The third kappa shape index (κ3) is 3.41. The lowest BCUT2D eigenvalue weighted by Gasteiger charge is -2.18. The highest BCUT2D eigenvalue weighted by Crippen LogP contribution is 2.52. The number of aliphatic imine (C=N–C) groups is 1. The van der Waals surface area contributed by atoms with Crippen LogP contribution >= 0.6 is 11.6 Å². The van der Waals surface area contributed by atoms with E-state index in [2.05, 4.69) is 27.8 Å². The molecule has 3 aliphatic rings. The minimum absolute atomic E-state index is 0.0214. The fourth-order valence-corrected chi connectivity index (χ4v) is 4.87. The summed E-state index contributed by atoms with van der Waals surface area (Å²) in [5.74, 6) is 1.02. The third-order valence-electron chi connectivity index (χ3n) is 6.04. The van der Waals surface area contributed by atoms with Crippen LogP contribution in [-0.4, -0.2) is 42.8 Å². The van der Waals surface area contributed by atoms with Gasteiger partial charge in [-0.2, -0.15) is 0 Å². The number of guanidine groups is 1. The van der Waals surface area contributed by atoms with Crippen LogP contribution in [0.1, 0.15) is 18.4 Å². The van der Waals surface area contributed by atoms with Crippen LogP contribution in [0.25, 0.3) is 0 Å². The van der Waals surface area contributed by atoms with E-state index in [1.54, 1.807) is 7.05 Å². The zero-order valence-electron chi connectivity index (χ0n) is 15.9. The van der Waals surface area contributed by atoms with Crippen LogP contribution in [-0.2, 0) is 16.1 Å². The number of likely N-dealkylation sites (tertiary alicyclic amines) is 1. The third-order valence-corrected chi connectivity index (χ3v) is 6.41. The molecule has 4 rings (SSSR count). The maximum Gasteiger partial charge on any atom is 0.233 e. The van der Waals surface area contributed by atoms with E-state index in [9.17, 15) is 9.59 Å². The van der Waals surface area contributed by atoms with Gasteiger partial charge in [0.2, 0.25) is 11.8 Å². The molecule has 1 aromatic carbocycles. The Morgan fingerprint density at radius 2 is 1.82 bits per heavy atom. The summed E-state index contributed by atoms with van der Waals surface area (Å²) in [4.78, 5) is 31.0. The van der Waals surface area contributed by atoms with Gasteiger partial charge in [-0.25, -0.2) is 0 Å². The highest BCUT2D eigenvalue weighted by atomic mass is 35.5. The molecule has 4 unspecified atom stereocenters. The van der Waals surface area contributed by atoms with Crippen molar-refractivity contribution in [3.8, 4) is 0 Å². The maximum atomic E-state index is 12.7. The molecule has 2 N–H and O–H groups in total. The Labute approximate surface area is 170 Å². The minimum atomic E-state index is -0.111. The molecule has 0 radical (unpaired) electrons. The van der Waals surface area contributed by atoms with Crippen molar-refractivity contribution in [2.45, 2.75) is 19.4 Å². The number of allylic oxidation sites excluding steroid dienone is 2. The van der Waals surface area contributed by atoms with Gasteiger partial charge in [-0.15, -0.1) is 0 Å². The van der Waals surface area contributed by atoms with E-state index < -0.39 is 0 Å². The number of amides is 2. The molecule has 2 bridgehead atoms. The first-order chi connectivity index (χ1) is 13.6. The molecule has 4 atom stereocenters. The monoisotopic (exact) mass is 400 g/mol. The van der Waals surface area contributed by atoms with Crippen LogP contribution in [0.15, 0.2) is 41.4 Å². The van der Waals surface area contributed by atoms with Gasteiger partial charge in [0.1, 0.15) is 0 Å². The van der Waals surface area contributed by atoms with Gasteiger partial charge in [0.05, 0.1) is 11.8 Å². The quantitative estimate of drug-likeness (QED) is 0.252. The van der Waals surface area contributed by atoms with E-state index >= 15 is 0 Å². The molecule has 1 aliphatic heterocycles. The van der Waals surface area contributed by atoms with Gasteiger partial charge in [-0.3, -0.25) is 19.5 Å². The molecule has 7 heteroatoms. The summed E-state index contributed by atoms with van der Waals surface area (Å²) in [5, 5.41) is 7.16. The molecule has 2 aliphatic carbocycles. The van der Waals surface area contributed by atoms with Gasteiger partial charge < -0.3 is 10.6 Å². The van der Waals surface area contributed by atoms with E-state index in [1.165, 1.54) is 4.90 Å². The van der Waals surface area contributed by atoms with E-state index in [0.717, 1.165) is 12.0 Å². The molecule has 0 aromatic heterocycles. The standard InChI is InChI=1S/C21H25ClN4O2/c1-23-21(25-12-15-5-2-3-6-16(15)22)24-9-4-10-26-19(27)17-13-7-8-14(11-13)18(17)20(26)28/h2-3,5-8,13-14,17-18H,4,9-12H2,1H3,(H2,23,24,25). The summed E-state index contributed by atoms with van der Waals surface area (Å²) in [6.07, 6.45) is 5.90. The molecule has 148 valence electrons. The predicted molar refractivity (Wildman–Crippen MR) is 109 cm³/mol. The molecule has 1 heterocycles. The molecule has 28 heavy (non-hydrogen) atoms. The maximum absolute atomic E-state index is 12.7. The number of carbonyl (C=O) groups is 2. The van der Waals surface area contributed by atoms with Crippen molar-refractivity contribution in [3.05, 3.63) is 47.0 Å². The lowest BCUT2D eigenvalue weighted by Crippen LogP contribution is -2.39. The zero-order chi connectivity index (χ0) is 19.7. The Hall–Kier alpha value is -2.34. The topological polar surface area (TPSA) is 73.8 Å². The second-order valence-corrected chi connectivity index (χ2v) is 8.03. The first-order valence-corrected chi connectivity index (χ1v) is 10.2. The number of nitrogens with zero attached hydrogens (tertiary/aromatic N) is 2.